The van der Waals surface area contributed by atoms with Crippen LogP contribution in [0.4, 0.5) is 0 Å². The molecular formula is C29H36N2O6. The molecule has 0 spiro atoms. The molecule has 1 amide bonds. The number of aliphatic hydroxyl groups is 1. The van der Waals surface area contributed by atoms with Crippen LogP contribution in [0.3, 0.4) is 0 Å². The average Bonchev–Trinajstić information content (AvgIpc) is 3.15. The third-order valence-electron chi connectivity index (χ3n) is 6.52. The van der Waals surface area contributed by atoms with Gasteiger partial charge in [0.1, 0.15) is 17.3 Å². The number of ketones is 1. The molecule has 0 saturated carbocycles. The lowest BCUT2D eigenvalue weighted by atomic mass is 9.95. The molecule has 2 aliphatic heterocycles. The Balaban J connectivity index is 1.65. The summed E-state index contributed by atoms with van der Waals surface area (Å²) >= 11 is 0. The number of nitrogens with zero attached hydrogens (tertiary/aromatic N) is 2. The Morgan fingerprint density at radius 3 is 2.27 bits per heavy atom. The predicted octanol–water partition coefficient (Wildman–Crippen LogP) is 4.02. The fourth-order valence-electron chi connectivity index (χ4n) is 4.78. The normalized spacial score (nSPS) is 20.0. The van der Waals surface area contributed by atoms with Crippen LogP contribution in [0.1, 0.15) is 44.4 Å². The molecule has 1 N–H and O–H groups in total. The van der Waals surface area contributed by atoms with Crippen molar-refractivity contribution >= 4 is 17.4 Å². The first-order valence-corrected chi connectivity index (χ1v) is 13.0. The Labute approximate surface area is 218 Å². The Morgan fingerprint density at radius 2 is 1.65 bits per heavy atom. The van der Waals surface area contributed by atoms with Crippen LogP contribution in [0, 0.1) is 0 Å². The van der Waals surface area contributed by atoms with Gasteiger partial charge in [-0.2, -0.15) is 0 Å². The van der Waals surface area contributed by atoms with E-state index in [0.717, 1.165) is 25.2 Å². The van der Waals surface area contributed by atoms with E-state index in [9.17, 15) is 14.7 Å². The number of benzene rings is 2. The number of likely N-dealkylation sites (tertiary alicyclic amines) is 1. The molecule has 2 fully saturated rings. The zero-order valence-corrected chi connectivity index (χ0v) is 21.8. The number of hydrogen-bond acceptors (Lipinski definition) is 7. The van der Waals surface area contributed by atoms with Crippen molar-refractivity contribution in [2.75, 3.05) is 46.0 Å². The summed E-state index contributed by atoms with van der Waals surface area (Å²) in [7, 11) is 0. The number of carbonyl (C=O) groups is 2. The van der Waals surface area contributed by atoms with Crippen LogP contribution >= 0.6 is 0 Å². The van der Waals surface area contributed by atoms with Gasteiger partial charge in [0.25, 0.3) is 11.7 Å². The van der Waals surface area contributed by atoms with Gasteiger partial charge in [0.15, 0.2) is 0 Å². The van der Waals surface area contributed by atoms with Crippen LogP contribution in [-0.2, 0) is 14.3 Å². The van der Waals surface area contributed by atoms with Crippen molar-refractivity contribution in [1.82, 2.24) is 9.80 Å². The van der Waals surface area contributed by atoms with Gasteiger partial charge in [-0.15, -0.1) is 0 Å². The summed E-state index contributed by atoms with van der Waals surface area (Å²) in [6, 6.07) is 13.6. The molecule has 0 aromatic heterocycles. The molecule has 198 valence electrons. The molecule has 0 aliphatic carbocycles. The van der Waals surface area contributed by atoms with E-state index >= 15 is 0 Å². The quantitative estimate of drug-likeness (QED) is 0.295. The van der Waals surface area contributed by atoms with Crippen molar-refractivity contribution < 1.29 is 28.9 Å². The van der Waals surface area contributed by atoms with Crippen LogP contribution in [-0.4, -0.2) is 78.7 Å². The van der Waals surface area contributed by atoms with Crippen molar-refractivity contribution in [2.24, 2.45) is 0 Å². The molecule has 37 heavy (non-hydrogen) atoms. The van der Waals surface area contributed by atoms with Gasteiger partial charge >= 0.3 is 0 Å². The van der Waals surface area contributed by atoms with Gasteiger partial charge in [-0.1, -0.05) is 12.1 Å². The first-order valence-electron chi connectivity index (χ1n) is 13.0. The molecule has 2 aromatic rings. The fourth-order valence-corrected chi connectivity index (χ4v) is 4.78. The number of ether oxygens (including phenoxy) is 3. The maximum atomic E-state index is 13.3. The molecule has 0 bridgehead atoms. The lowest BCUT2D eigenvalue weighted by Crippen LogP contribution is -2.38. The minimum Gasteiger partial charge on any atom is -0.507 e. The summed E-state index contributed by atoms with van der Waals surface area (Å²) < 4.78 is 16.7. The lowest BCUT2D eigenvalue weighted by Gasteiger charge is -2.29. The van der Waals surface area contributed by atoms with E-state index in [1.165, 1.54) is 0 Å². The third kappa shape index (κ3) is 6.32. The summed E-state index contributed by atoms with van der Waals surface area (Å²) in [5, 5.41) is 11.3. The van der Waals surface area contributed by atoms with Gasteiger partial charge in [-0.05, 0) is 69.2 Å². The van der Waals surface area contributed by atoms with Crippen LogP contribution in [0.25, 0.3) is 5.76 Å². The number of aliphatic hydroxyl groups excluding tert-OH is 1. The minimum absolute atomic E-state index is 0.0156. The van der Waals surface area contributed by atoms with Crippen molar-refractivity contribution in [2.45, 2.75) is 39.3 Å². The van der Waals surface area contributed by atoms with Gasteiger partial charge in [-0.3, -0.25) is 14.5 Å². The Morgan fingerprint density at radius 1 is 1.00 bits per heavy atom. The van der Waals surface area contributed by atoms with Crippen LogP contribution in [0.5, 0.6) is 11.5 Å². The molecule has 2 saturated heterocycles. The molecule has 4 rings (SSSR count). The van der Waals surface area contributed by atoms with E-state index in [4.69, 9.17) is 14.2 Å². The molecule has 1 atom stereocenters. The van der Waals surface area contributed by atoms with Crippen molar-refractivity contribution in [1.29, 1.82) is 0 Å². The Hall–Kier alpha value is -3.36. The summed E-state index contributed by atoms with van der Waals surface area (Å²) in [5.74, 6) is -0.0918. The Kier molecular flexibility index (Phi) is 8.84. The van der Waals surface area contributed by atoms with E-state index in [1.807, 2.05) is 45.0 Å². The van der Waals surface area contributed by atoms with Crippen LogP contribution < -0.4 is 9.47 Å². The number of Topliss-reactive ketones (excluding diaryl/α,β-unsaturated/α-hetero) is 1. The smallest absolute Gasteiger partial charge is 0.295 e. The third-order valence-corrected chi connectivity index (χ3v) is 6.52. The van der Waals surface area contributed by atoms with Crippen molar-refractivity contribution in [3.63, 3.8) is 0 Å². The van der Waals surface area contributed by atoms with Crippen molar-refractivity contribution in [3.05, 3.63) is 65.2 Å². The lowest BCUT2D eigenvalue weighted by molar-refractivity contribution is -0.140. The van der Waals surface area contributed by atoms with Crippen molar-refractivity contribution in [3.8, 4) is 11.5 Å². The molecule has 0 unspecified atom stereocenters. The maximum Gasteiger partial charge on any atom is 0.295 e. The highest BCUT2D eigenvalue weighted by Gasteiger charge is 2.45. The predicted molar refractivity (Wildman–Crippen MR) is 141 cm³/mol. The fraction of sp³-hybridized carbons (Fsp3) is 0.448. The molecule has 8 nitrogen and oxygen atoms in total. The zero-order valence-electron chi connectivity index (χ0n) is 21.8. The summed E-state index contributed by atoms with van der Waals surface area (Å²) in [6.07, 6.45) is 0.726. The van der Waals surface area contributed by atoms with E-state index in [-0.39, 0.29) is 17.4 Å². The van der Waals surface area contributed by atoms with Crippen LogP contribution in [0.2, 0.25) is 0 Å². The maximum absolute atomic E-state index is 13.3. The standard InChI is InChI=1S/C29H36N2O6/c1-4-36-23-10-6-21(7-11-23)26-25(27(32)22-8-12-24(13-9-22)37-20(2)3)28(33)29(34)31(26)15-5-14-30-16-18-35-19-17-30/h6-13,20,26,32H,4-5,14-19H2,1-3H3/t26-/m0/s1. The molecule has 0 radical (unpaired) electrons. The van der Waals surface area contributed by atoms with E-state index in [0.29, 0.717) is 49.8 Å². The highest BCUT2D eigenvalue weighted by Crippen LogP contribution is 2.40. The SMILES string of the molecule is CCOc1ccc([C@H]2C(=C(O)c3ccc(OC(C)C)cc3)C(=O)C(=O)N2CCCN2CCOCC2)cc1. The molecular weight excluding hydrogens is 472 g/mol. The zero-order chi connectivity index (χ0) is 26.4. The average molecular weight is 509 g/mol. The summed E-state index contributed by atoms with van der Waals surface area (Å²) in [4.78, 5) is 30.4. The van der Waals surface area contributed by atoms with E-state index in [2.05, 4.69) is 4.90 Å². The van der Waals surface area contributed by atoms with Gasteiger partial charge in [-0.25, -0.2) is 0 Å². The number of carbonyl (C=O) groups excluding carboxylic acids is 2. The second-order valence-corrected chi connectivity index (χ2v) is 9.49. The molecule has 2 aliphatic rings. The summed E-state index contributed by atoms with van der Waals surface area (Å²) in [5.41, 5.74) is 1.30. The highest BCUT2D eigenvalue weighted by atomic mass is 16.5. The Bertz CT molecular complexity index is 1100. The number of amides is 1. The molecule has 2 aromatic carbocycles. The van der Waals surface area contributed by atoms with Gasteiger partial charge < -0.3 is 24.2 Å². The second-order valence-electron chi connectivity index (χ2n) is 9.49. The summed E-state index contributed by atoms with van der Waals surface area (Å²) in [6.45, 7) is 10.7. The van der Waals surface area contributed by atoms with Gasteiger partial charge in [0.05, 0.1) is 37.5 Å². The number of rotatable bonds is 10. The minimum atomic E-state index is -0.688. The van der Waals surface area contributed by atoms with E-state index in [1.54, 1.807) is 29.2 Å². The second kappa shape index (κ2) is 12.3. The molecule has 8 heteroatoms. The highest BCUT2D eigenvalue weighted by molar-refractivity contribution is 6.46. The van der Waals surface area contributed by atoms with Gasteiger partial charge in [0.2, 0.25) is 0 Å². The van der Waals surface area contributed by atoms with Crippen LogP contribution in [0.15, 0.2) is 54.1 Å². The van der Waals surface area contributed by atoms with Gasteiger partial charge in [0, 0.05) is 31.7 Å². The largest absolute Gasteiger partial charge is 0.507 e. The monoisotopic (exact) mass is 508 g/mol. The molecule has 2 heterocycles. The number of morpholine rings is 1. The number of hydrogen-bond donors (Lipinski definition) is 1. The first kappa shape index (κ1) is 26.7. The first-order chi connectivity index (χ1) is 17.9. The van der Waals surface area contributed by atoms with E-state index < -0.39 is 17.7 Å². The topological polar surface area (TPSA) is 88.5 Å².